The molecule has 2 aromatic carbocycles. The van der Waals surface area contributed by atoms with E-state index in [-0.39, 0.29) is 0 Å². The van der Waals surface area contributed by atoms with Gasteiger partial charge in [0.25, 0.3) is 0 Å². The molecular formula is C17H20ClNO. The molecule has 106 valence electrons. The molecule has 0 bridgehead atoms. The second-order valence-electron chi connectivity index (χ2n) is 4.92. The highest BCUT2D eigenvalue weighted by Gasteiger charge is 2.06. The highest BCUT2D eigenvalue weighted by molar-refractivity contribution is 6.32. The Labute approximate surface area is 125 Å². The lowest BCUT2D eigenvalue weighted by Gasteiger charge is -2.12. The summed E-state index contributed by atoms with van der Waals surface area (Å²) in [5.41, 5.74) is 3.49. The quantitative estimate of drug-likeness (QED) is 0.849. The molecule has 0 fully saturated rings. The van der Waals surface area contributed by atoms with Crippen LogP contribution in [0.1, 0.15) is 23.6 Å². The van der Waals surface area contributed by atoms with Crippen LogP contribution in [-0.2, 0) is 6.54 Å². The molecule has 2 aromatic rings. The highest BCUT2D eigenvalue weighted by atomic mass is 35.5. The minimum Gasteiger partial charge on any atom is -0.456 e. The summed E-state index contributed by atoms with van der Waals surface area (Å²) in [6, 6.07) is 12.0. The van der Waals surface area contributed by atoms with E-state index in [1.54, 1.807) is 0 Å². The van der Waals surface area contributed by atoms with E-state index in [1.807, 2.05) is 37.3 Å². The van der Waals surface area contributed by atoms with Crippen LogP contribution in [0.3, 0.4) is 0 Å². The van der Waals surface area contributed by atoms with Gasteiger partial charge in [-0.1, -0.05) is 42.3 Å². The fourth-order valence-corrected chi connectivity index (χ4v) is 2.28. The molecule has 2 nitrogen and oxygen atoms in total. The second-order valence-corrected chi connectivity index (χ2v) is 5.32. The van der Waals surface area contributed by atoms with E-state index in [0.29, 0.717) is 10.8 Å². The number of nitrogens with one attached hydrogen (secondary N) is 1. The molecule has 0 saturated heterocycles. The molecule has 0 spiro atoms. The summed E-state index contributed by atoms with van der Waals surface area (Å²) in [6.07, 6.45) is 0. The summed E-state index contributed by atoms with van der Waals surface area (Å²) < 4.78 is 5.90. The van der Waals surface area contributed by atoms with Gasteiger partial charge in [-0.25, -0.2) is 0 Å². The summed E-state index contributed by atoms with van der Waals surface area (Å²) in [6.45, 7) is 7.95. The van der Waals surface area contributed by atoms with Gasteiger partial charge in [0.2, 0.25) is 0 Å². The average molecular weight is 290 g/mol. The maximum Gasteiger partial charge on any atom is 0.146 e. The smallest absolute Gasteiger partial charge is 0.146 e. The topological polar surface area (TPSA) is 21.3 Å². The van der Waals surface area contributed by atoms with Gasteiger partial charge < -0.3 is 10.1 Å². The van der Waals surface area contributed by atoms with Crippen molar-refractivity contribution >= 4 is 11.6 Å². The number of ether oxygens (including phenoxy) is 1. The molecule has 0 aliphatic carbocycles. The van der Waals surface area contributed by atoms with E-state index in [1.165, 1.54) is 5.56 Å². The third-order valence-electron chi connectivity index (χ3n) is 3.13. The number of halogens is 1. The number of aryl methyl sites for hydroxylation is 2. The Morgan fingerprint density at radius 2 is 1.80 bits per heavy atom. The molecule has 0 aliphatic rings. The number of hydrogen-bond donors (Lipinski definition) is 1. The molecule has 0 amide bonds. The third-order valence-corrected chi connectivity index (χ3v) is 3.42. The number of hydrogen-bond acceptors (Lipinski definition) is 2. The van der Waals surface area contributed by atoms with Crippen LogP contribution in [0.25, 0.3) is 0 Å². The van der Waals surface area contributed by atoms with Crippen LogP contribution >= 0.6 is 11.6 Å². The zero-order chi connectivity index (χ0) is 14.5. The minimum absolute atomic E-state index is 0.639. The Morgan fingerprint density at radius 3 is 2.45 bits per heavy atom. The van der Waals surface area contributed by atoms with Crippen LogP contribution in [0.5, 0.6) is 11.5 Å². The largest absolute Gasteiger partial charge is 0.456 e. The van der Waals surface area contributed by atoms with Crippen LogP contribution in [-0.4, -0.2) is 6.54 Å². The van der Waals surface area contributed by atoms with E-state index in [2.05, 4.69) is 25.2 Å². The van der Waals surface area contributed by atoms with Crippen molar-refractivity contribution in [1.82, 2.24) is 5.32 Å². The van der Waals surface area contributed by atoms with Gasteiger partial charge in [0, 0.05) is 6.54 Å². The van der Waals surface area contributed by atoms with Crippen LogP contribution in [0, 0.1) is 13.8 Å². The van der Waals surface area contributed by atoms with Gasteiger partial charge in [-0.2, -0.15) is 0 Å². The molecule has 0 aromatic heterocycles. The fourth-order valence-electron chi connectivity index (χ4n) is 2.04. The van der Waals surface area contributed by atoms with E-state index < -0.39 is 0 Å². The van der Waals surface area contributed by atoms with Crippen molar-refractivity contribution in [1.29, 1.82) is 0 Å². The third kappa shape index (κ3) is 3.75. The van der Waals surface area contributed by atoms with Gasteiger partial charge >= 0.3 is 0 Å². The molecule has 0 saturated carbocycles. The summed E-state index contributed by atoms with van der Waals surface area (Å²) in [5, 5.41) is 3.92. The van der Waals surface area contributed by atoms with Crippen LogP contribution < -0.4 is 10.1 Å². The first-order valence-electron chi connectivity index (χ1n) is 6.84. The standard InChI is InChI=1S/C17H20ClNO/c1-4-19-11-14-6-8-17(15(18)10-14)20-16-7-5-12(2)9-13(16)3/h5-10,19H,4,11H2,1-3H3. The fraction of sp³-hybridized carbons (Fsp3) is 0.294. The molecule has 1 N–H and O–H groups in total. The van der Waals surface area contributed by atoms with Gasteiger partial charge in [-0.05, 0) is 49.7 Å². The molecule has 0 radical (unpaired) electrons. The number of benzene rings is 2. The van der Waals surface area contributed by atoms with Gasteiger partial charge in [0.05, 0.1) is 5.02 Å². The zero-order valence-corrected chi connectivity index (χ0v) is 12.9. The molecule has 0 unspecified atom stereocenters. The molecule has 2 rings (SSSR count). The van der Waals surface area contributed by atoms with Gasteiger partial charge in [0.1, 0.15) is 11.5 Å². The Morgan fingerprint density at radius 1 is 1.05 bits per heavy atom. The first kappa shape index (κ1) is 14.9. The Kier molecular flexibility index (Phi) is 5.05. The van der Waals surface area contributed by atoms with E-state index in [4.69, 9.17) is 16.3 Å². The SMILES string of the molecule is CCNCc1ccc(Oc2ccc(C)cc2C)c(Cl)c1. The predicted octanol–water partition coefficient (Wildman–Crippen LogP) is 4.86. The van der Waals surface area contributed by atoms with Crippen molar-refractivity contribution in [2.24, 2.45) is 0 Å². The molecule has 20 heavy (non-hydrogen) atoms. The van der Waals surface area contributed by atoms with Crippen molar-refractivity contribution in [3.05, 3.63) is 58.1 Å². The first-order chi connectivity index (χ1) is 9.60. The van der Waals surface area contributed by atoms with Gasteiger partial charge in [0.15, 0.2) is 0 Å². The molecular weight excluding hydrogens is 270 g/mol. The van der Waals surface area contributed by atoms with Crippen molar-refractivity contribution in [3.8, 4) is 11.5 Å². The van der Waals surface area contributed by atoms with Crippen molar-refractivity contribution < 1.29 is 4.74 Å². The Hall–Kier alpha value is -1.51. The van der Waals surface area contributed by atoms with E-state index in [0.717, 1.165) is 30.0 Å². The lowest BCUT2D eigenvalue weighted by molar-refractivity contribution is 0.478. The average Bonchev–Trinajstić information content (AvgIpc) is 2.42. The second kappa shape index (κ2) is 6.78. The molecule has 3 heteroatoms. The summed E-state index contributed by atoms with van der Waals surface area (Å²) in [7, 11) is 0. The maximum absolute atomic E-state index is 6.29. The van der Waals surface area contributed by atoms with Crippen molar-refractivity contribution in [2.45, 2.75) is 27.3 Å². The maximum atomic E-state index is 6.29. The molecule has 0 aliphatic heterocycles. The van der Waals surface area contributed by atoms with Crippen LogP contribution in [0.15, 0.2) is 36.4 Å². The van der Waals surface area contributed by atoms with Crippen molar-refractivity contribution in [2.75, 3.05) is 6.54 Å². The lowest BCUT2D eigenvalue weighted by atomic mass is 10.1. The van der Waals surface area contributed by atoms with E-state index >= 15 is 0 Å². The normalized spacial score (nSPS) is 10.6. The van der Waals surface area contributed by atoms with Crippen LogP contribution in [0.2, 0.25) is 5.02 Å². The molecule has 0 atom stereocenters. The van der Waals surface area contributed by atoms with Gasteiger partial charge in [-0.3, -0.25) is 0 Å². The monoisotopic (exact) mass is 289 g/mol. The first-order valence-corrected chi connectivity index (χ1v) is 7.22. The summed E-state index contributed by atoms with van der Waals surface area (Å²) >= 11 is 6.29. The Bertz CT molecular complexity index is 596. The molecule has 0 heterocycles. The van der Waals surface area contributed by atoms with E-state index in [9.17, 15) is 0 Å². The highest BCUT2D eigenvalue weighted by Crippen LogP contribution is 2.32. The Balaban J connectivity index is 2.17. The van der Waals surface area contributed by atoms with Crippen LogP contribution in [0.4, 0.5) is 0 Å². The van der Waals surface area contributed by atoms with Crippen molar-refractivity contribution in [3.63, 3.8) is 0 Å². The number of rotatable bonds is 5. The lowest BCUT2D eigenvalue weighted by Crippen LogP contribution is -2.11. The zero-order valence-electron chi connectivity index (χ0n) is 12.2. The minimum atomic E-state index is 0.639. The summed E-state index contributed by atoms with van der Waals surface area (Å²) in [5.74, 6) is 1.54. The predicted molar refractivity (Wildman–Crippen MR) is 84.8 cm³/mol. The van der Waals surface area contributed by atoms with Gasteiger partial charge in [-0.15, -0.1) is 0 Å². The summed E-state index contributed by atoms with van der Waals surface area (Å²) in [4.78, 5) is 0.